The van der Waals surface area contributed by atoms with Crippen LogP contribution in [0.3, 0.4) is 0 Å². The van der Waals surface area contributed by atoms with Crippen LogP contribution in [0.2, 0.25) is 0 Å². The van der Waals surface area contributed by atoms with Gasteiger partial charge >= 0.3 is 0 Å². The molecule has 0 aliphatic heterocycles. The second kappa shape index (κ2) is 5.70. The van der Waals surface area contributed by atoms with E-state index in [4.69, 9.17) is 4.52 Å². The van der Waals surface area contributed by atoms with Gasteiger partial charge in [-0.1, -0.05) is 23.8 Å². The number of aryl methyl sites for hydroxylation is 1. The molecule has 1 atom stereocenters. The molecule has 2 rings (SSSR count). The Labute approximate surface area is 118 Å². The van der Waals surface area contributed by atoms with Gasteiger partial charge in [0, 0.05) is 0 Å². The van der Waals surface area contributed by atoms with Crippen LogP contribution in [0, 0.1) is 6.92 Å². The van der Waals surface area contributed by atoms with Gasteiger partial charge < -0.3 is 14.7 Å². The van der Waals surface area contributed by atoms with E-state index in [1.165, 1.54) is 12.1 Å². The second-order valence-electron chi connectivity index (χ2n) is 4.45. The average Bonchev–Trinajstić information content (AvgIpc) is 2.42. The van der Waals surface area contributed by atoms with Crippen molar-refractivity contribution in [3.8, 4) is 11.5 Å². The van der Waals surface area contributed by atoms with Crippen LogP contribution in [0.4, 0.5) is 0 Å². The van der Waals surface area contributed by atoms with Crippen LogP contribution in [0.1, 0.15) is 12.5 Å². The number of phenols is 2. The molecule has 0 radical (unpaired) electrons. The van der Waals surface area contributed by atoms with Crippen LogP contribution in [-0.2, 0) is 9.09 Å². The van der Waals surface area contributed by atoms with Crippen molar-refractivity contribution >= 4 is 18.0 Å². The summed E-state index contributed by atoms with van der Waals surface area (Å²) in [4.78, 5) is 0. The number of rotatable bonds is 4. The molecule has 0 bridgehead atoms. The lowest BCUT2D eigenvalue weighted by Gasteiger charge is -2.20. The zero-order valence-electron chi connectivity index (χ0n) is 11.4. The normalized spacial score (nSPS) is 13.9. The number of aromatic hydroxyl groups is 2. The molecule has 2 aromatic rings. The van der Waals surface area contributed by atoms with E-state index < -0.39 is 7.37 Å². The molecule has 106 valence electrons. The van der Waals surface area contributed by atoms with E-state index in [9.17, 15) is 14.8 Å². The number of benzene rings is 2. The lowest BCUT2D eigenvalue weighted by Crippen LogP contribution is -2.19. The Kier molecular flexibility index (Phi) is 4.17. The first kappa shape index (κ1) is 14.6. The van der Waals surface area contributed by atoms with E-state index in [-0.39, 0.29) is 28.7 Å². The predicted molar refractivity (Wildman–Crippen MR) is 79.5 cm³/mol. The molecule has 2 aromatic carbocycles. The van der Waals surface area contributed by atoms with E-state index >= 15 is 0 Å². The van der Waals surface area contributed by atoms with Crippen LogP contribution < -0.4 is 10.6 Å². The fourth-order valence-corrected chi connectivity index (χ4v) is 4.34. The Bertz CT molecular complexity index is 667. The summed E-state index contributed by atoms with van der Waals surface area (Å²) in [6.45, 7) is 3.77. The molecule has 0 aromatic heterocycles. The molecule has 0 saturated carbocycles. The van der Waals surface area contributed by atoms with Gasteiger partial charge in [-0.05, 0) is 38.1 Å². The third-order valence-electron chi connectivity index (χ3n) is 2.96. The molecule has 20 heavy (non-hydrogen) atoms. The lowest BCUT2D eigenvalue weighted by molar-refractivity contribution is 0.346. The molecule has 1 unspecified atom stereocenters. The van der Waals surface area contributed by atoms with Crippen LogP contribution in [0.25, 0.3) is 0 Å². The summed E-state index contributed by atoms with van der Waals surface area (Å²) >= 11 is 0. The maximum Gasteiger partial charge on any atom is 0.268 e. The van der Waals surface area contributed by atoms with Crippen molar-refractivity contribution in [3.05, 3.63) is 48.0 Å². The van der Waals surface area contributed by atoms with Crippen molar-refractivity contribution in [2.45, 2.75) is 13.8 Å². The van der Waals surface area contributed by atoms with Gasteiger partial charge in [-0.15, -0.1) is 0 Å². The Hall–Kier alpha value is -1.77. The maximum absolute atomic E-state index is 13.3. The first-order valence-corrected chi connectivity index (χ1v) is 7.95. The Balaban J connectivity index is 2.70. The predicted octanol–water partition coefficient (Wildman–Crippen LogP) is 2.67. The highest BCUT2D eigenvalue weighted by molar-refractivity contribution is 7.74. The van der Waals surface area contributed by atoms with Gasteiger partial charge in [0.25, 0.3) is 7.37 Å². The summed E-state index contributed by atoms with van der Waals surface area (Å²) in [5, 5.41) is 20.4. The standard InChI is InChI=1S/C15H17O4P/c1-3-19-20(18,14-7-5-4-6-12(14)16)15-10-11(2)8-9-13(15)17/h4-10,16-17H,3H2,1-2H3. The van der Waals surface area contributed by atoms with Gasteiger partial charge in [-0.2, -0.15) is 0 Å². The smallest absolute Gasteiger partial charge is 0.268 e. The van der Waals surface area contributed by atoms with Crippen LogP contribution in [-0.4, -0.2) is 16.8 Å². The molecule has 0 saturated heterocycles. The highest BCUT2D eigenvalue weighted by atomic mass is 31.2. The van der Waals surface area contributed by atoms with Crippen LogP contribution in [0.5, 0.6) is 11.5 Å². The molecule has 4 nitrogen and oxygen atoms in total. The highest BCUT2D eigenvalue weighted by Crippen LogP contribution is 2.49. The fourth-order valence-electron chi connectivity index (χ4n) is 2.03. The molecule has 0 heterocycles. The molecule has 0 aliphatic carbocycles. The van der Waals surface area contributed by atoms with Gasteiger partial charge in [0.1, 0.15) is 11.5 Å². The van der Waals surface area contributed by atoms with Gasteiger partial charge in [0.15, 0.2) is 0 Å². The van der Waals surface area contributed by atoms with E-state index in [1.807, 2.05) is 6.92 Å². The summed E-state index contributed by atoms with van der Waals surface area (Å²) in [5.74, 6) is -0.208. The SMILES string of the molecule is CCOP(=O)(c1ccccc1O)c1cc(C)ccc1O. The minimum Gasteiger partial charge on any atom is -0.507 e. The zero-order chi connectivity index (χ0) is 14.8. The second-order valence-corrected chi connectivity index (χ2v) is 6.77. The van der Waals surface area contributed by atoms with E-state index in [0.29, 0.717) is 0 Å². The average molecular weight is 292 g/mol. The van der Waals surface area contributed by atoms with Gasteiger partial charge in [-0.25, -0.2) is 0 Å². The summed E-state index contributed by atoms with van der Waals surface area (Å²) in [7, 11) is -3.53. The summed E-state index contributed by atoms with van der Waals surface area (Å²) in [6.07, 6.45) is 0. The third kappa shape index (κ3) is 2.58. The minimum absolute atomic E-state index is 0.101. The topological polar surface area (TPSA) is 66.8 Å². The van der Waals surface area contributed by atoms with E-state index in [0.717, 1.165) is 5.56 Å². The van der Waals surface area contributed by atoms with Gasteiger partial charge in [0.2, 0.25) is 0 Å². The van der Waals surface area contributed by atoms with Gasteiger partial charge in [0.05, 0.1) is 17.2 Å². The first-order valence-electron chi connectivity index (χ1n) is 6.32. The summed E-state index contributed by atoms with van der Waals surface area (Å²) in [6, 6.07) is 11.1. The van der Waals surface area contributed by atoms with Gasteiger partial charge in [-0.3, -0.25) is 4.57 Å². The quantitative estimate of drug-likeness (QED) is 0.850. The fraction of sp³-hybridized carbons (Fsp3) is 0.200. The Morgan fingerprint density at radius 3 is 2.35 bits per heavy atom. The Morgan fingerprint density at radius 1 is 1.05 bits per heavy atom. The molecule has 2 N–H and O–H groups in total. The molecule has 0 aliphatic rings. The number of para-hydroxylation sites is 1. The molecule has 0 fully saturated rings. The largest absolute Gasteiger partial charge is 0.507 e. The summed E-state index contributed by atoms with van der Waals surface area (Å²) < 4.78 is 18.7. The lowest BCUT2D eigenvalue weighted by atomic mass is 10.2. The van der Waals surface area contributed by atoms with Crippen molar-refractivity contribution in [2.24, 2.45) is 0 Å². The Morgan fingerprint density at radius 2 is 1.70 bits per heavy atom. The van der Waals surface area contributed by atoms with E-state index in [2.05, 4.69) is 0 Å². The van der Waals surface area contributed by atoms with Crippen molar-refractivity contribution < 1.29 is 19.3 Å². The third-order valence-corrected chi connectivity index (χ3v) is 5.58. The minimum atomic E-state index is -3.53. The molecule has 0 spiro atoms. The number of hydrogen-bond donors (Lipinski definition) is 2. The van der Waals surface area contributed by atoms with Crippen LogP contribution in [0.15, 0.2) is 42.5 Å². The molecule has 0 amide bonds. The highest BCUT2D eigenvalue weighted by Gasteiger charge is 2.33. The van der Waals surface area contributed by atoms with Crippen molar-refractivity contribution in [1.82, 2.24) is 0 Å². The maximum atomic E-state index is 13.3. The van der Waals surface area contributed by atoms with E-state index in [1.54, 1.807) is 37.3 Å². The van der Waals surface area contributed by atoms with Crippen molar-refractivity contribution in [1.29, 1.82) is 0 Å². The first-order chi connectivity index (χ1) is 9.49. The van der Waals surface area contributed by atoms with Crippen LogP contribution >= 0.6 is 7.37 Å². The molecule has 5 heteroatoms. The molecular formula is C15H17O4P. The molecular weight excluding hydrogens is 275 g/mol. The monoisotopic (exact) mass is 292 g/mol. The number of phenolic OH excluding ortho intramolecular Hbond substituents is 2. The van der Waals surface area contributed by atoms with Crippen molar-refractivity contribution in [3.63, 3.8) is 0 Å². The number of hydrogen-bond acceptors (Lipinski definition) is 4. The zero-order valence-corrected chi connectivity index (χ0v) is 12.3. The van der Waals surface area contributed by atoms with Crippen molar-refractivity contribution in [2.75, 3.05) is 6.61 Å². The summed E-state index contributed by atoms with van der Waals surface area (Å²) in [5.41, 5.74) is 0.855.